The molecule has 1 unspecified atom stereocenters. The predicted octanol–water partition coefficient (Wildman–Crippen LogP) is 4.87. The van der Waals surface area contributed by atoms with Gasteiger partial charge in [0.2, 0.25) is 0 Å². The van der Waals surface area contributed by atoms with Gasteiger partial charge in [-0.25, -0.2) is 4.79 Å². The van der Waals surface area contributed by atoms with Gasteiger partial charge in [-0.2, -0.15) is 0 Å². The average Bonchev–Trinajstić information content (AvgIpc) is 3.10. The number of esters is 1. The van der Waals surface area contributed by atoms with Crippen LogP contribution in [-0.4, -0.2) is 31.9 Å². The van der Waals surface area contributed by atoms with Crippen molar-refractivity contribution >= 4 is 39.6 Å². The zero-order valence-electron chi connectivity index (χ0n) is 17.8. The Labute approximate surface area is 186 Å². The molecule has 1 heterocycles. The van der Waals surface area contributed by atoms with Crippen LogP contribution in [0.3, 0.4) is 0 Å². The highest BCUT2D eigenvalue weighted by Gasteiger charge is 2.27. The van der Waals surface area contributed by atoms with Crippen molar-refractivity contribution in [3.8, 4) is 11.5 Å². The van der Waals surface area contributed by atoms with Crippen LogP contribution in [0.4, 0.5) is 5.00 Å². The molecule has 0 fully saturated rings. The van der Waals surface area contributed by atoms with E-state index in [9.17, 15) is 4.79 Å². The van der Waals surface area contributed by atoms with Crippen LogP contribution in [0.15, 0.2) is 18.2 Å². The van der Waals surface area contributed by atoms with Crippen molar-refractivity contribution in [2.24, 2.45) is 0 Å². The molecule has 2 N–H and O–H groups in total. The molecule has 0 bridgehead atoms. The average molecular weight is 449 g/mol. The van der Waals surface area contributed by atoms with E-state index in [0.29, 0.717) is 17.3 Å². The number of fused-ring (bicyclic) bond motifs is 1. The Kier molecular flexibility index (Phi) is 7.55. The van der Waals surface area contributed by atoms with Crippen molar-refractivity contribution in [1.82, 2.24) is 5.32 Å². The number of thiophene rings is 1. The summed E-state index contributed by atoms with van der Waals surface area (Å²) in [5, 5.41) is 7.72. The van der Waals surface area contributed by atoms with E-state index in [2.05, 4.69) is 10.6 Å². The fourth-order valence-electron chi connectivity index (χ4n) is 3.66. The minimum atomic E-state index is -0.287. The maximum absolute atomic E-state index is 12.6. The molecular formula is C22H28N2O4S2. The third kappa shape index (κ3) is 4.87. The number of hydrogen-bond acceptors (Lipinski definition) is 6. The molecule has 0 saturated heterocycles. The Morgan fingerprint density at radius 1 is 1.23 bits per heavy atom. The zero-order valence-corrected chi connectivity index (χ0v) is 19.4. The fraction of sp³-hybridized carbons (Fsp3) is 0.455. The van der Waals surface area contributed by atoms with Crippen molar-refractivity contribution in [3.63, 3.8) is 0 Å². The van der Waals surface area contributed by atoms with Crippen LogP contribution in [0.5, 0.6) is 11.5 Å². The van der Waals surface area contributed by atoms with E-state index < -0.39 is 0 Å². The molecule has 162 valence electrons. The number of rotatable bonds is 7. The summed E-state index contributed by atoms with van der Waals surface area (Å²) in [6, 6.07) is 5.52. The second kappa shape index (κ2) is 10.1. The minimum Gasteiger partial charge on any atom is -0.497 e. The van der Waals surface area contributed by atoms with Crippen molar-refractivity contribution in [3.05, 3.63) is 39.8 Å². The monoisotopic (exact) mass is 448 g/mol. The summed E-state index contributed by atoms with van der Waals surface area (Å²) in [5.74, 6) is 1.20. The number of carbonyl (C=O) groups excluding carboxylic acids is 1. The lowest BCUT2D eigenvalue weighted by molar-refractivity contribution is 0.0526. The summed E-state index contributed by atoms with van der Waals surface area (Å²) in [4.78, 5) is 13.9. The zero-order chi connectivity index (χ0) is 21.7. The topological polar surface area (TPSA) is 68.8 Å². The molecule has 1 aliphatic carbocycles. The van der Waals surface area contributed by atoms with Gasteiger partial charge in [0.05, 0.1) is 32.4 Å². The molecule has 0 aliphatic heterocycles. The highest BCUT2D eigenvalue weighted by atomic mass is 32.1. The quantitative estimate of drug-likeness (QED) is 0.463. The van der Waals surface area contributed by atoms with Crippen molar-refractivity contribution in [2.75, 3.05) is 26.1 Å². The van der Waals surface area contributed by atoms with Crippen molar-refractivity contribution in [2.45, 2.75) is 45.6 Å². The number of carbonyl (C=O) groups is 1. The number of benzene rings is 1. The third-order valence-corrected chi connectivity index (χ3v) is 6.56. The maximum Gasteiger partial charge on any atom is 0.341 e. The standard InChI is InChI=1S/C22H28N2O4S2/c1-5-28-21(25)19-15-8-6-7-9-18(15)30-20(19)24-22(29)23-13(2)16-12-14(26-3)10-11-17(16)27-4/h10-13H,5-9H2,1-4H3,(H2,23,24,29). The van der Waals surface area contributed by atoms with Crippen LogP contribution in [-0.2, 0) is 17.6 Å². The molecule has 2 aromatic rings. The predicted molar refractivity (Wildman–Crippen MR) is 124 cm³/mol. The van der Waals surface area contributed by atoms with E-state index in [1.165, 1.54) is 4.88 Å². The Morgan fingerprint density at radius 3 is 2.70 bits per heavy atom. The summed E-state index contributed by atoms with van der Waals surface area (Å²) in [6.07, 6.45) is 4.13. The molecule has 6 nitrogen and oxygen atoms in total. The molecule has 1 atom stereocenters. The van der Waals surface area contributed by atoms with Gasteiger partial charge >= 0.3 is 5.97 Å². The normalized spacial score (nSPS) is 13.7. The van der Waals surface area contributed by atoms with Crippen LogP contribution in [0.2, 0.25) is 0 Å². The van der Waals surface area contributed by atoms with Crippen LogP contribution in [0.1, 0.15) is 59.1 Å². The molecule has 8 heteroatoms. The molecule has 1 aromatic heterocycles. The molecule has 3 rings (SSSR count). The lowest BCUT2D eigenvalue weighted by Crippen LogP contribution is -2.31. The van der Waals surface area contributed by atoms with Crippen LogP contribution < -0.4 is 20.1 Å². The number of ether oxygens (including phenoxy) is 3. The first-order chi connectivity index (χ1) is 14.5. The largest absolute Gasteiger partial charge is 0.497 e. The van der Waals surface area contributed by atoms with Gasteiger partial charge in [0.25, 0.3) is 0 Å². The maximum atomic E-state index is 12.6. The summed E-state index contributed by atoms with van der Waals surface area (Å²) in [6.45, 7) is 4.16. The summed E-state index contributed by atoms with van der Waals surface area (Å²) in [5.41, 5.74) is 2.67. The van der Waals surface area contributed by atoms with Gasteiger partial charge in [0, 0.05) is 10.4 Å². The molecular weight excluding hydrogens is 420 g/mol. The number of nitrogens with one attached hydrogen (secondary N) is 2. The van der Waals surface area contributed by atoms with Gasteiger partial charge < -0.3 is 24.8 Å². The van der Waals surface area contributed by atoms with Crippen LogP contribution in [0, 0.1) is 0 Å². The highest BCUT2D eigenvalue weighted by Crippen LogP contribution is 2.38. The van der Waals surface area contributed by atoms with Gasteiger partial charge in [-0.15, -0.1) is 11.3 Å². The highest BCUT2D eigenvalue weighted by molar-refractivity contribution is 7.80. The Bertz CT molecular complexity index is 926. The van der Waals surface area contributed by atoms with E-state index in [1.54, 1.807) is 25.6 Å². The lowest BCUT2D eigenvalue weighted by atomic mass is 9.95. The molecule has 1 aromatic carbocycles. The second-order valence-corrected chi connectivity index (χ2v) is 8.58. The number of methoxy groups -OCH3 is 2. The molecule has 30 heavy (non-hydrogen) atoms. The molecule has 0 saturated carbocycles. The number of anilines is 1. The Balaban J connectivity index is 1.80. The van der Waals surface area contributed by atoms with E-state index in [0.717, 1.165) is 53.3 Å². The molecule has 0 amide bonds. The fourth-order valence-corrected chi connectivity index (χ4v) is 5.29. The van der Waals surface area contributed by atoms with Crippen molar-refractivity contribution < 1.29 is 19.0 Å². The SMILES string of the molecule is CCOC(=O)c1c(NC(=S)NC(C)c2cc(OC)ccc2OC)sc2c1CCCC2. The first kappa shape index (κ1) is 22.4. The minimum absolute atomic E-state index is 0.129. The van der Waals surface area contributed by atoms with E-state index >= 15 is 0 Å². The van der Waals surface area contributed by atoms with Gasteiger partial charge in [-0.1, -0.05) is 0 Å². The van der Waals surface area contributed by atoms with Crippen LogP contribution >= 0.6 is 23.6 Å². The number of hydrogen-bond donors (Lipinski definition) is 2. The first-order valence-corrected chi connectivity index (χ1v) is 11.3. The molecule has 1 aliphatic rings. The van der Waals surface area contributed by atoms with Gasteiger partial charge in [0.1, 0.15) is 16.5 Å². The van der Waals surface area contributed by atoms with Crippen molar-refractivity contribution in [1.29, 1.82) is 0 Å². The van der Waals surface area contributed by atoms with E-state index in [4.69, 9.17) is 26.4 Å². The van der Waals surface area contributed by atoms with E-state index in [1.807, 2.05) is 32.0 Å². The third-order valence-electron chi connectivity index (χ3n) is 5.13. The summed E-state index contributed by atoms with van der Waals surface area (Å²) >= 11 is 7.16. The first-order valence-electron chi connectivity index (χ1n) is 10.1. The number of thiocarbonyl (C=S) groups is 1. The summed E-state index contributed by atoms with van der Waals surface area (Å²) in [7, 11) is 3.27. The lowest BCUT2D eigenvalue weighted by Gasteiger charge is -2.20. The molecule has 0 radical (unpaired) electrons. The number of aryl methyl sites for hydroxylation is 1. The van der Waals surface area contributed by atoms with Gasteiger partial charge in [-0.3, -0.25) is 0 Å². The van der Waals surface area contributed by atoms with Crippen LogP contribution in [0.25, 0.3) is 0 Å². The smallest absolute Gasteiger partial charge is 0.341 e. The Morgan fingerprint density at radius 2 is 2.00 bits per heavy atom. The molecule has 0 spiro atoms. The van der Waals surface area contributed by atoms with Gasteiger partial charge in [0.15, 0.2) is 5.11 Å². The van der Waals surface area contributed by atoms with E-state index in [-0.39, 0.29) is 12.0 Å². The van der Waals surface area contributed by atoms with Gasteiger partial charge in [-0.05, 0) is 75.5 Å². The second-order valence-electron chi connectivity index (χ2n) is 7.06. The Hall–Kier alpha value is -2.32. The summed E-state index contributed by atoms with van der Waals surface area (Å²) < 4.78 is 16.1.